The summed E-state index contributed by atoms with van der Waals surface area (Å²) in [6, 6.07) is 7.44. The summed E-state index contributed by atoms with van der Waals surface area (Å²) in [5, 5.41) is 9.98. The Morgan fingerprint density at radius 1 is 1.40 bits per heavy atom. The molecule has 1 atom stereocenters. The van der Waals surface area contributed by atoms with Crippen LogP contribution in [0.5, 0.6) is 5.75 Å². The van der Waals surface area contributed by atoms with E-state index in [1.54, 1.807) is 7.11 Å². The van der Waals surface area contributed by atoms with E-state index in [9.17, 15) is 4.79 Å². The molecule has 1 heterocycles. The third-order valence-electron chi connectivity index (χ3n) is 2.12. The van der Waals surface area contributed by atoms with Gasteiger partial charge in [-0.2, -0.15) is 0 Å². The SMILES string of the molecule is COc1ccc(C2NC(=O)C(=N)S2)cc1. The Hall–Kier alpha value is -1.49. The van der Waals surface area contributed by atoms with Gasteiger partial charge in [-0.25, -0.2) is 0 Å². The second-order valence-corrected chi connectivity index (χ2v) is 4.19. The normalized spacial score (nSPS) is 20.2. The van der Waals surface area contributed by atoms with Crippen molar-refractivity contribution in [1.29, 1.82) is 5.41 Å². The summed E-state index contributed by atoms with van der Waals surface area (Å²) >= 11 is 1.22. The number of carbonyl (C=O) groups is 1. The molecule has 1 aromatic carbocycles. The minimum atomic E-state index is -0.305. The van der Waals surface area contributed by atoms with Gasteiger partial charge in [-0.3, -0.25) is 10.2 Å². The molecule has 0 bridgehead atoms. The van der Waals surface area contributed by atoms with Crippen LogP contribution in [0.2, 0.25) is 0 Å². The van der Waals surface area contributed by atoms with E-state index in [0.717, 1.165) is 11.3 Å². The first-order chi connectivity index (χ1) is 7.20. The number of carbonyl (C=O) groups excluding carboxylic acids is 1. The predicted octanol–water partition coefficient (Wildman–Crippen LogP) is 1.53. The Bertz CT molecular complexity index is 386. The number of rotatable bonds is 2. The molecule has 0 aromatic heterocycles. The van der Waals surface area contributed by atoms with E-state index in [1.807, 2.05) is 24.3 Å². The maximum atomic E-state index is 11.1. The van der Waals surface area contributed by atoms with Crippen molar-refractivity contribution in [2.45, 2.75) is 5.37 Å². The summed E-state index contributed by atoms with van der Waals surface area (Å²) in [7, 11) is 1.61. The first-order valence-corrected chi connectivity index (χ1v) is 5.28. The third-order valence-corrected chi connectivity index (χ3v) is 3.17. The molecule has 1 fully saturated rings. The molecule has 0 saturated carbocycles. The van der Waals surface area contributed by atoms with Crippen LogP contribution in [0, 0.1) is 5.41 Å². The van der Waals surface area contributed by atoms with Gasteiger partial charge in [0.25, 0.3) is 5.91 Å². The Kier molecular flexibility index (Phi) is 2.64. The molecule has 1 aliphatic rings. The van der Waals surface area contributed by atoms with Gasteiger partial charge in [-0.05, 0) is 17.7 Å². The number of benzene rings is 1. The van der Waals surface area contributed by atoms with Crippen LogP contribution < -0.4 is 10.1 Å². The molecule has 1 aromatic rings. The summed E-state index contributed by atoms with van der Waals surface area (Å²) < 4.78 is 5.04. The summed E-state index contributed by atoms with van der Waals surface area (Å²) in [4.78, 5) is 11.1. The van der Waals surface area contributed by atoms with Crippen molar-refractivity contribution < 1.29 is 9.53 Å². The first-order valence-electron chi connectivity index (χ1n) is 4.41. The highest BCUT2D eigenvalue weighted by Crippen LogP contribution is 2.32. The number of nitrogens with one attached hydrogen (secondary N) is 2. The lowest BCUT2D eigenvalue weighted by molar-refractivity contribution is -0.114. The molecule has 4 nitrogen and oxygen atoms in total. The monoisotopic (exact) mass is 222 g/mol. The smallest absolute Gasteiger partial charge is 0.277 e. The molecule has 5 heteroatoms. The number of ether oxygens (including phenoxy) is 1. The topological polar surface area (TPSA) is 62.2 Å². The fourth-order valence-corrected chi connectivity index (χ4v) is 2.18. The number of amides is 1. The van der Waals surface area contributed by atoms with Crippen LogP contribution >= 0.6 is 11.8 Å². The lowest BCUT2D eigenvalue weighted by Crippen LogP contribution is -2.20. The fourth-order valence-electron chi connectivity index (χ4n) is 1.32. The van der Waals surface area contributed by atoms with E-state index in [4.69, 9.17) is 10.1 Å². The number of methoxy groups -OCH3 is 1. The van der Waals surface area contributed by atoms with Crippen LogP contribution in [-0.2, 0) is 4.79 Å². The molecule has 1 amide bonds. The second kappa shape index (κ2) is 3.94. The number of hydrogen-bond donors (Lipinski definition) is 2. The van der Waals surface area contributed by atoms with Crippen molar-refractivity contribution in [2.75, 3.05) is 7.11 Å². The van der Waals surface area contributed by atoms with Crippen molar-refractivity contribution in [1.82, 2.24) is 5.32 Å². The van der Waals surface area contributed by atoms with Gasteiger partial charge in [-0.15, -0.1) is 0 Å². The average molecular weight is 222 g/mol. The van der Waals surface area contributed by atoms with E-state index >= 15 is 0 Å². The zero-order valence-corrected chi connectivity index (χ0v) is 8.93. The van der Waals surface area contributed by atoms with Crippen molar-refractivity contribution in [3.8, 4) is 5.75 Å². The Morgan fingerprint density at radius 3 is 2.53 bits per heavy atom. The average Bonchev–Trinajstić information content (AvgIpc) is 2.59. The maximum absolute atomic E-state index is 11.1. The molecule has 1 saturated heterocycles. The summed E-state index contributed by atoms with van der Waals surface area (Å²) in [6.45, 7) is 0. The van der Waals surface area contributed by atoms with E-state index in [0.29, 0.717) is 0 Å². The van der Waals surface area contributed by atoms with Crippen molar-refractivity contribution in [3.05, 3.63) is 29.8 Å². The molecular weight excluding hydrogens is 212 g/mol. The molecule has 0 aliphatic carbocycles. The zero-order valence-electron chi connectivity index (χ0n) is 8.11. The minimum absolute atomic E-state index is 0.0656. The van der Waals surface area contributed by atoms with Gasteiger partial charge in [0.05, 0.1) is 7.11 Å². The highest BCUT2D eigenvalue weighted by molar-refractivity contribution is 8.16. The summed E-state index contributed by atoms with van der Waals surface area (Å²) in [5.74, 6) is 0.476. The summed E-state index contributed by atoms with van der Waals surface area (Å²) in [5.41, 5.74) is 0.969. The molecular formula is C10H10N2O2S. The van der Waals surface area contributed by atoms with Gasteiger partial charge in [0.15, 0.2) is 5.04 Å². The molecule has 78 valence electrons. The largest absolute Gasteiger partial charge is 0.497 e. The van der Waals surface area contributed by atoms with Crippen LogP contribution in [0.25, 0.3) is 0 Å². The quantitative estimate of drug-likeness (QED) is 0.797. The van der Waals surface area contributed by atoms with Crippen LogP contribution in [0.4, 0.5) is 0 Å². The van der Waals surface area contributed by atoms with Crippen molar-refractivity contribution in [3.63, 3.8) is 0 Å². The van der Waals surface area contributed by atoms with E-state index in [-0.39, 0.29) is 16.3 Å². The third kappa shape index (κ3) is 1.97. The Morgan fingerprint density at radius 2 is 2.07 bits per heavy atom. The van der Waals surface area contributed by atoms with Gasteiger partial charge in [0.2, 0.25) is 0 Å². The van der Waals surface area contributed by atoms with E-state index in [1.165, 1.54) is 11.8 Å². The van der Waals surface area contributed by atoms with Crippen LogP contribution in [-0.4, -0.2) is 18.1 Å². The van der Waals surface area contributed by atoms with Gasteiger partial charge < -0.3 is 10.1 Å². The molecule has 15 heavy (non-hydrogen) atoms. The minimum Gasteiger partial charge on any atom is -0.497 e. The van der Waals surface area contributed by atoms with E-state index in [2.05, 4.69) is 5.32 Å². The molecule has 2 rings (SSSR count). The molecule has 1 aliphatic heterocycles. The Balaban J connectivity index is 2.17. The highest BCUT2D eigenvalue weighted by atomic mass is 32.2. The number of thioether (sulfide) groups is 1. The first kappa shape index (κ1) is 10.0. The van der Waals surface area contributed by atoms with Gasteiger partial charge in [0, 0.05) is 0 Å². The van der Waals surface area contributed by atoms with Crippen LogP contribution in [0.3, 0.4) is 0 Å². The van der Waals surface area contributed by atoms with Gasteiger partial charge >= 0.3 is 0 Å². The van der Waals surface area contributed by atoms with Gasteiger partial charge in [-0.1, -0.05) is 23.9 Å². The molecule has 2 N–H and O–H groups in total. The van der Waals surface area contributed by atoms with Crippen LogP contribution in [0.1, 0.15) is 10.9 Å². The van der Waals surface area contributed by atoms with Crippen LogP contribution in [0.15, 0.2) is 24.3 Å². The van der Waals surface area contributed by atoms with E-state index < -0.39 is 0 Å². The van der Waals surface area contributed by atoms with Crippen molar-refractivity contribution >= 4 is 22.7 Å². The standard InChI is InChI=1S/C10H10N2O2S/c1-14-7-4-2-6(3-5-7)10-12-9(13)8(11)15-10/h2-5,10-11H,1H3,(H,12,13). The lowest BCUT2D eigenvalue weighted by atomic mass is 10.2. The molecule has 1 unspecified atom stereocenters. The molecule has 0 radical (unpaired) electrons. The Labute approximate surface area is 91.5 Å². The molecule has 0 spiro atoms. The zero-order chi connectivity index (χ0) is 10.8. The predicted molar refractivity (Wildman–Crippen MR) is 59.2 cm³/mol. The van der Waals surface area contributed by atoms with Gasteiger partial charge in [0.1, 0.15) is 11.1 Å². The van der Waals surface area contributed by atoms with Crippen molar-refractivity contribution in [2.24, 2.45) is 0 Å². The lowest BCUT2D eigenvalue weighted by Gasteiger charge is -2.08. The summed E-state index contributed by atoms with van der Waals surface area (Å²) in [6.07, 6.45) is 0. The second-order valence-electron chi connectivity index (χ2n) is 3.07. The highest BCUT2D eigenvalue weighted by Gasteiger charge is 2.28. The maximum Gasteiger partial charge on any atom is 0.277 e. The fraction of sp³-hybridized carbons (Fsp3) is 0.200. The number of hydrogen-bond acceptors (Lipinski definition) is 4.